The fourth-order valence-electron chi connectivity index (χ4n) is 1.07. The first kappa shape index (κ1) is 13.6. The van der Waals surface area contributed by atoms with E-state index in [9.17, 15) is 9.36 Å². The van der Waals surface area contributed by atoms with Gasteiger partial charge in [-0.1, -0.05) is 18.2 Å². The molecule has 17 heavy (non-hydrogen) atoms. The van der Waals surface area contributed by atoms with Crippen LogP contribution in [0.15, 0.2) is 24.3 Å². The van der Waals surface area contributed by atoms with Crippen LogP contribution in [0.3, 0.4) is 0 Å². The second-order valence-electron chi connectivity index (χ2n) is 2.95. The number of nitrogens with two attached hydrogens (primary N) is 1. The molecule has 1 atom stereocenters. The predicted molar refractivity (Wildman–Crippen MR) is 60.5 cm³/mol. The first-order valence-corrected chi connectivity index (χ1v) is 5.99. The lowest BCUT2D eigenvalue weighted by molar-refractivity contribution is -0.129. The van der Waals surface area contributed by atoms with E-state index in [1.165, 1.54) is 0 Å². The van der Waals surface area contributed by atoms with Gasteiger partial charge in [0.25, 0.3) is 6.47 Å². The normalized spacial score (nSPS) is 10.8. The molecule has 0 aliphatic carbocycles. The zero-order valence-electron chi connectivity index (χ0n) is 9.07. The fraction of sp³-hybridized carbons (Fsp3) is 0.300. The number of hydrogen-bond donors (Lipinski definition) is 1. The van der Waals surface area contributed by atoms with Crippen molar-refractivity contribution < 1.29 is 23.1 Å². The Hall–Kier alpha value is -1.49. The lowest BCUT2D eigenvalue weighted by Gasteiger charge is -2.02. The number of benzene rings is 1. The van der Waals surface area contributed by atoms with Crippen molar-refractivity contribution in [1.82, 2.24) is 0 Å². The first-order chi connectivity index (χ1) is 8.27. The molecule has 1 unspecified atom stereocenters. The Morgan fingerprint density at radius 3 is 2.82 bits per heavy atom. The molecule has 1 rings (SSSR count). The SMILES string of the molecule is NCCO[P+](=O)Oc1ccccc1COC=O. The molecule has 0 aliphatic heterocycles. The molecule has 0 amide bonds. The summed E-state index contributed by atoms with van der Waals surface area (Å²) in [5.41, 5.74) is 5.81. The second kappa shape index (κ2) is 7.73. The van der Waals surface area contributed by atoms with Gasteiger partial charge in [-0.25, -0.2) is 4.52 Å². The Balaban J connectivity index is 2.62. The number of hydrogen-bond acceptors (Lipinski definition) is 6. The van der Waals surface area contributed by atoms with Crippen LogP contribution in [-0.2, 0) is 25.2 Å². The minimum Gasteiger partial charge on any atom is -0.463 e. The van der Waals surface area contributed by atoms with E-state index in [0.717, 1.165) is 0 Å². The number of carbonyl (C=O) groups excluding carboxylic acids is 1. The maximum absolute atomic E-state index is 11.3. The van der Waals surface area contributed by atoms with Gasteiger partial charge in [0.2, 0.25) is 0 Å². The maximum atomic E-state index is 11.3. The van der Waals surface area contributed by atoms with Gasteiger partial charge in [0.05, 0.1) is 0 Å². The third kappa shape index (κ3) is 4.91. The Morgan fingerprint density at radius 1 is 1.35 bits per heavy atom. The van der Waals surface area contributed by atoms with E-state index in [-0.39, 0.29) is 19.8 Å². The average Bonchev–Trinajstić information content (AvgIpc) is 2.35. The molecule has 0 saturated heterocycles. The summed E-state index contributed by atoms with van der Waals surface area (Å²) in [6.07, 6.45) is 0. The number of rotatable bonds is 8. The van der Waals surface area contributed by atoms with Crippen LogP contribution >= 0.6 is 8.25 Å². The van der Waals surface area contributed by atoms with Crippen LogP contribution in [0.1, 0.15) is 5.56 Å². The van der Waals surface area contributed by atoms with Crippen LogP contribution in [0.4, 0.5) is 0 Å². The van der Waals surface area contributed by atoms with E-state index in [2.05, 4.69) is 4.74 Å². The van der Waals surface area contributed by atoms with Crippen molar-refractivity contribution in [3.05, 3.63) is 29.8 Å². The maximum Gasteiger partial charge on any atom is 0.750 e. The van der Waals surface area contributed by atoms with Gasteiger partial charge in [-0.3, -0.25) is 4.79 Å². The van der Waals surface area contributed by atoms with Crippen molar-refractivity contribution in [1.29, 1.82) is 0 Å². The molecule has 1 aromatic rings. The van der Waals surface area contributed by atoms with E-state index in [1.54, 1.807) is 24.3 Å². The second-order valence-corrected chi connectivity index (χ2v) is 3.84. The van der Waals surface area contributed by atoms with Crippen molar-refractivity contribution in [3.8, 4) is 5.75 Å². The van der Waals surface area contributed by atoms with E-state index in [4.69, 9.17) is 14.8 Å². The monoisotopic (exact) mass is 258 g/mol. The summed E-state index contributed by atoms with van der Waals surface area (Å²) in [7, 11) is -2.27. The Labute approximate surface area is 99.6 Å². The van der Waals surface area contributed by atoms with Gasteiger partial charge in [0, 0.05) is 16.7 Å². The Bertz CT molecular complexity index is 385. The van der Waals surface area contributed by atoms with Gasteiger partial charge in [-0.2, -0.15) is 0 Å². The minimum atomic E-state index is -2.27. The predicted octanol–water partition coefficient (Wildman–Crippen LogP) is 1.37. The highest BCUT2D eigenvalue weighted by Gasteiger charge is 2.23. The molecule has 2 N–H and O–H groups in total. The highest BCUT2D eigenvalue weighted by Crippen LogP contribution is 2.30. The fourth-order valence-corrected chi connectivity index (χ4v) is 1.72. The van der Waals surface area contributed by atoms with Gasteiger partial charge < -0.3 is 10.5 Å². The Morgan fingerprint density at radius 2 is 2.12 bits per heavy atom. The van der Waals surface area contributed by atoms with Crippen molar-refractivity contribution in [3.63, 3.8) is 0 Å². The topological polar surface area (TPSA) is 87.8 Å². The van der Waals surface area contributed by atoms with E-state index < -0.39 is 8.25 Å². The molecule has 0 aliphatic rings. The molecule has 0 heterocycles. The minimum absolute atomic E-state index is 0.0553. The van der Waals surface area contributed by atoms with Crippen molar-refractivity contribution in [2.75, 3.05) is 13.2 Å². The van der Waals surface area contributed by atoms with Crippen LogP contribution in [-0.4, -0.2) is 19.6 Å². The lowest BCUT2D eigenvalue weighted by Crippen LogP contribution is -2.05. The third-order valence-corrected chi connectivity index (χ3v) is 2.51. The molecule has 92 valence electrons. The van der Waals surface area contributed by atoms with Gasteiger partial charge in [-0.15, -0.1) is 4.52 Å². The van der Waals surface area contributed by atoms with E-state index >= 15 is 0 Å². The largest absolute Gasteiger partial charge is 0.750 e. The van der Waals surface area contributed by atoms with Gasteiger partial charge in [-0.05, 0) is 6.07 Å². The van der Waals surface area contributed by atoms with Crippen LogP contribution in [0.5, 0.6) is 5.75 Å². The summed E-state index contributed by atoms with van der Waals surface area (Å²) in [6.45, 7) is 0.810. The average molecular weight is 258 g/mol. The zero-order valence-corrected chi connectivity index (χ0v) is 9.97. The molecule has 0 fully saturated rings. The molecule has 0 spiro atoms. The smallest absolute Gasteiger partial charge is 0.463 e. The van der Waals surface area contributed by atoms with Gasteiger partial charge >= 0.3 is 8.25 Å². The highest BCUT2D eigenvalue weighted by molar-refractivity contribution is 7.33. The van der Waals surface area contributed by atoms with Crippen molar-refractivity contribution in [2.45, 2.75) is 6.61 Å². The Kier molecular flexibility index (Phi) is 6.17. The number of carbonyl (C=O) groups is 1. The van der Waals surface area contributed by atoms with Gasteiger partial charge in [0.1, 0.15) is 13.2 Å². The van der Waals surface area contributed by atoms with Crippen LogP contribution in [0.25, 0.3) is 0 Å². The highest BCUT2D eigenvalue weighted by atomic mass is 31.1. The summed E-state index contributed by atoms with van der Waals surface area (Å²) in [5, 5.41) is 0. The first-order valence-electron chi connectivity index (χ1n) is 4.89. The van der Waals surface area contributed by atoms with Gasteiger partial charge in [0.15, 0.2) is 5.75 Å². The molecule has 0 bridgehead atoms. The standard InChI is InChI=1S/C10H13NO5P/c11-5-6-15-17(13)16-10-4-2-1-3-9(10)7-14-8-12/h1-4,8H,5-7,11H2/q+1. The molecule has 0 aromatic heterocycles. The summed E-state index contributed by atoms with van der Waals surface area (Å²) < 4.78 is 25.8. The number of ether oxygens (including phenoxy) is 1. The van der Waals surface area contributed by atoms with Crippen LogP contribution < -0.4 is 10.3 Å². The summed E-state index contributed by atoms with van der Waals surface area (Å²) in [6, 6.07) is 6.78. The summed E-state index contributed by atoms with van der Waals surface area (Å²) in [5.74, 6) is 0.354. The molecular formula is C10H13NO5P+. The number of para-hydroxylation sites is 1. The van der Waals surface area contributed by atoms with E-state index in [0.29, 0.717) is 17.8 Å². The van der Waals surface area contributed by atoms with Crippen molar-refractivity contribution >= 4 is 14.7 Å². The molecule has 1 aromatic carbocycles. The van der Waals surface area contributed by atoms with Crippen LogP contribution in [0.2, 0.25) is 0 Å². The third-order valence-electron chi connectivity index (χ3n) is 1.77. The van der Waals surface area contributed by atoms with Crippen molar-refractivity contribution in [2.24, 2.45) is 5.73 Å². The summed E-state index contributed by atoms with van der Waals surface area (Å²) in [4.78, 5) is 10.1. The zero-order chi connectivity index (χ0) is 12.5. The molecule has 6 nitrogen and oxygen atoms in total. The molecule has 7 heteroatoms. The summed E-state index contributed by atoms with van der Waals surface area (Å²) >= 11 is 0. The quantitative estimate of drug-likeness (QED) is 0.559. The molecular weight excluding hydrogens is 245 g/mol. The molecule has 0 radical (unpaired) electrons. The lowest BCUT2D eigenvalue weighted by atomic mass is 10.2. The van der Waals surface area contributed by atoms with Crippen LogP contribution in [0, 0.1) is 0 Å². The molecule has 0 saturated carbocycles. The van der Waals surface area contributed by atoms with E-state index in [1.807, 2.05) is 0 Å².